The molecule has 2 aromatic heterocycles. The van der Waals surface area contributed by atoms with Gasteiger partial charge in [0.15, 0.2) is 0 Å². The summed E-state index contributed by atoms with van der Waals surface area (Å²) in [6, 6.07) is 12.3. The molecule has 3 aromatic rings. The lowest BCUT2D eigenvalue weighted by atomic mass is 9.94. The Balaban J connectivity index is 1.65. The van der Waals surface area contributed by atoms with Gasteiger partial charge in [-0.1, -0.05) is 6.07 Å². The smallest absolute Gasteiger partial charge is 0.313 e. The molecular formula is C20H21N3O4S. The summed E-state index contributed by atoms with van der Waals surface area (Å²) in [6.45, 7) is -0.168. The average Bonchev–Trinajstić information content (AvgIpc) is 3.40. The minimum atomic E-state index is -1.48. The summed E-state index contributed by atoms with van der Waals surface area (Å²) in [7, 11) is 3.82. The second-order valence-corrected chi connectivity index (χ2v) is 7.38. The zero-order valence-corrected chi connectivity index (χ0v) is 16.3. The van der Waals surface area contributed by atoms with E-state index >= 15 is 0 Å². The van der Waals surface area contributed by atoms with Crippen LogP contribution in [0.5, 0.6) is 0 Å². The molecule has 1 aromatic carbocycles. The molecule has 0 unspecified atom stereocenters. The van der Waals surface area contributed by atoms with Gasteiger partial charge in [0.1, 0.15) is 5.60 Å². The lowest BCUT2D eigenvalue weighted by molar-refractivity contribution is -0.136. The SMILES string of the molecule is CN(C)c1ccc(NC(=O)C(=O)NC[C@](O)(c2ccoc2)c2cccs2)cc1. The molecule has 146 valence electrons. The van der Waals surface area contributed by atoms with Crippen molar-refractivity contribution < 1.29 is 19.1 Å². The molecule has 8 heteroatoms. The van der Waals surface area contributed by atoms with Gasteiger partial charge in [0.05, 0.1) is 19.1 Å². The van der Waals surface area contributed by atoms with Crippen LogP contribution < -0.4 is 15.5 Å². The van der Waals surface area contributed by atoms with E-state index in [4.69, 9.17) is 4.42 Å². The molecule has 0 aliphatic heterocycles. The van der Waals surface area contributed by atoms with Gasteiger partial charge in [0, 0.05) is 35.9 Å². The quantitative estimate of drug-likeness (QED) is 0.554. The lowest BCUT2D eigenvalue weighted by Crippen LogP contribution is -2.44. The van der Waals surface area contributed by atoms with Crippen molar-refractivity contribution in [3.05, 3.63) is 70.8 Å². The van der Waals surface area contributed by atoms with Crippen LogP contribution in [0.1, 0.15) is 10.4 Å². The Morgan fingerprint density at radius 1 is 1.14 bits per heavy atom. The number of benzene rings is 1. The summed E-state index contributed by atoms with van der Waals surface area (Å²) in [4.78, 5) is 27.0. The topological polar surface area (TPSA) is 94.8 Å². The summed E-state index contributed by atoms with van der Waals surface area (Å²) in [6.07, 6.45) is 2.86. The molecule has 0 aliphatic rings. The minimum Gasteiger partial charge on any atom is -0.472 e. The molecule has 2 heterocycles. The normalized spacial score (nSPS) is 12.8. The molecule has 0 bridgehead atoms. The summed E-state index contributed by atoms with van der Waals surface area (Å²) in [5.74, 6) is -1.64. The Kier molecular flexibility index (Phi) is 5.81. The van der Waals surface area contributed by atoms with E-state index in [2.05, 4.69) is 10.6 Å². The first kappa shape index (κ1) is 19.7. The van der Waals surface area contributed by atoms with Gasteiger partial charge in [0.25, 0.3) is 0 Å². The van der Waals surface area contributed by atoms with E-state index in [1.807, 2.05) is 36.5 Å². The van der Waals surface area contributed by atoms with Crippen molar-refractivity contribution in [3.63, 3.8) is 0 Å². The maximum Gasteiger partial charge on any atom is 0.313 e. The van der Waals surface area contributed by atoms with Gasteiger partial charge in [-0.05, 0) is 41.8 Å². The number of hydrogen-bond acceptors (Lipinski definition) is 6. The number of nitrogens with zero attached hydrogens (tertiary/aromatic N) is 1. The Bertz CT molecular complexity index is 885. The molecule has 7 nitrogen and oxygen atoms in total. The van der Waals surface area contributed by atoms with Crippen LogP contribution in [0.2, 0.25) is 0 Å². The number of furan rings is 1. The highest BCUT2D eigenvalue weighted by Gasteiger charge is 2.35. The van der Waals surface area contributed by atoms with E-state index in [0.717, 1.165) is 5.69 Å². The third-order valence-corrected chi connectivity index (χ3v) is 5.30. The molecule has 0 radical (unpaired) electrons. The van der Waals surface area contributed by atoms with Gasteiger partial charge < -0.3 is 25.1 Å². The molecule has 0 spiro atoms. The van der Waals surface area contributed by atoms with Crippen LogP contribution in [0.15, 0.2) is 64.8 Å². The van der Waals surface area contributed by atoms with Crippen LogP contribution in [0, 0.1) is 0 Å². The van der Waals surface area contributed by atoms with Crippen molar-refractivity contribution in [2.75, 3.05) is 30.9 Å². The van der Waals surface area contributed by atoms with Crippen molar-refractivity contribution >= 4 is 34.5 Å². The summed E-state index contributed by atoms with van der Waals surface area (Å²) < 4.78 is 5.07. The Hall–Kier alpha value is -3.10. The highest BCUT2D eigenvalue weighted by molar-refractivity contribution is 7.10. The summed E-state index contributed by atoms with van der Waals surface area (Å²) in [5, 5.41) is 18.0. The van der Waals surface area contributed by atoms with E-state index in [1.165, 1.54) is 23.9 Å². The average molecular weight is 399 g/mol. The maximum atomic E-state index is 12.2. The number of aliphatic hydroxyl groups is 1. The van der Waals surface area contributed by atoms with Crippen LogP contribution >= 0.6 is 11.3 Å². The zero-order valence-electron chi connectivity index (χ0n) is 15.5. The molecule has 0 aliphatic carbocycles. The number of amides is 2. The fourth-order valence-electron chi connectivity index (χ4n) is 2.66. The first-order valence-corrected chi connectivity index (χ1v) is 9.44. The molecule has 1 atom stereocenters. The predicted octanol–water partition coefficient (Wildman–Crippen LogP) is 2.40. The Morgan fingerprint density at radius 3 is 2.46 bits per heavy atom. The highest BCUT2D eigenvalue weighted by atomic mass is 32.1. The van der Waals surface area contributed by atoms with Gasteiger partial charge in [-0.3, -0.25) is 9.59 Å². The van der Waals surface area contributed by atoms with Crippen molar-refractivity contribution in [3.8, 4) is 0 Å². The van der Waals surface area contributed by atoms with Crippen LogP contribution in [0.25, 0.3) is 0 Å². The van der Waals surface area contributed by atoms with Crippen molar-refractivity contribution in [1.82, 2.24) is 5.32 Å². The lowest BCUT2D eigenvalue weighted by Gasteiger charge is -2.26. The molecule has 0 fully saturated rings. The van der Waals surface area contributed by atoms with Crippen molar-refractivity contribution in [2.45, 2.75) is 5.60 Å². The number of nitrogens with one attached hydrogen (secondary N) is 2. The monoisotopic (exact) mass is 399 g/mol. The van der Waals surface area contributed by atoms with Crippen LogP contribution in [-0.4, -0.2) is 37.6 Å². The van der Waals surface area contributed by atoms with Gasteiger partial charge >= 0.3 is 11.8 Å². The highest BCUT2D eigenvalue weighted by Crippen LogP contribution is 2.32. The molecular weight excluding hydrogens is 378 g/mol. The molecule has 28 heavy (non-hydrogen) atoms. The second kappa shape index (κ2) is 8.28. The number of carbonyl (C=O) groups excluding carboxylic acids is 2. The van der Waals surface area contributed by atoms with E-state index in [-0.39, 0.29) is 6.54 Å². The zero-order chi connectivity index (χ0) is 20.1. The predicted molar refractivity (Wildman–Crippen MR) is 108 cm³/mol. The van der Waals surface area contributed by atoms with E-state index in [1.54, 1.807) is 30.3 Å². The maximum absolute atomic E-state index is 12.2. The van der Waals surface area contributed by atoms with E-state index in [9.17, 15) is 14.7 Å². The number of anilines is 2. The third-order valence-electron chi connectivity index (χ3n) is 4.28. The second-order valence-electron chi connectivity index (χ2n) is 6.43. The fraction of sp³-hybridized carbons (Fsp3) is 0.200. The Labute approximate surface area is 166 Å². The first-order chi connectivity index (χ1) is 13.4. The first-order valence-electron chi connectivity index (χ1n) is 8.56. The van der Waals surface area contributed by atoms with Gasteiger partial charge in [0.2, 0.25) is 0 Å². The van der Waals surface area contributed by atoms with Gasteiger partial charge in [-0.25, -0.2) is 0 Å². The number of rotatable bonds is 6. The van der Waals surface area contributed by atoms with Crippen LogP contribution in [0.4, 0.5) is 11.4 Å². The van der Waals surface area contributed by atoms with Gasteiger partial charge in [-0.15, -0.1) is 11.3 Å². The largest absolute Gasteiger partial charge is 0.472 e. The van der Waals surface area contributed by atoms with Crippen molar-refractivity contribution in [2.24, 2.45) is 0 Å². The summed E-state index contributed by atoms with van der Waals surface area (Å²) >= 11 is 1.35. The number of thiophene rings is 1. The van der Waals surface area contributed by atoms with E-state index in [0.29, 0.717) is 16.1 Å². The van der Waals surface area contributed by atoms with Crippen molar-refractivity contribution in [1.29, 1.82) is 0 Å². The molecule has 0 saturated carbocycles. The van der Waals surface area contributed by atoms with E-state index < -0.39 is 17.4 Å². The number of hydrogen-bond donors (Lipinski definition) is 3. The standard InChI is InChI=1S/C20H21N3O4S/c1-23(2)16-7-5-15(6-8-16)22-19(25)18(24)21-13-20(26,14-9-10-27-12-14)17-4-3-11-28-17/h3-12,26H,13H2,1-2H3,(H,21,24)(H,22,25)/t20-/m0/s1. The molecule has 2 amide bonds. The fourth-order valence-corrected chi connectivity index (χ4v) is 3.51. The Morgan fingerprint density at radius 2 is 1.89 bits per heavy atom. The minimum absolute atomic E-state index is 0.168. The molecule has 3 N–H and O–H groups in total. The molecule has 3 rings (SSSR count). The third kappa shape index (κ3) is 4.24. The van der Waals surface area contributed by atoms with Gasteiger partial charge in [-0.2, -0.15) is 0 Å². The van der Waals surface area contributed by atoms with Crippen LogP contribution in [-0.2, 0) is 15.2 Å². The summed E-state index contributed by atoms with van der Waals surface area (Å²) in [5.41, 5.74) is 0.498. The van der Waals surface area contributed by atoms with Crippen LogP contribution in [0.3, 0.4) is 0 Å². The molecule has 0 saturated heterocycles. The number of carbonyl (C=O) groups is 2.